The van der Waals surface area contributed by atoms with Gasteiger partial charge in [0.25, 0.3) is 5.91 Å². The van der Waals surface area contributed by atoms with E-state index in [4.69, 9.17) is 9.47 Å². The highest BCUT2D eigenvalue weighted by Gasteiger charge is 2.38. The highest BCUT2D eigenvalue weighted by atomic mass is 19.4. The summed E-state index contributed by atoms with van der Waals surface area (Å²) in [5.41, 5.74) is 0.913. The van der Waals surface area contributed by atoms with Crippen molar-refractivity contribution >= 4 is 5.91 Å². The molecule has 3 aromatic rings. The summed E-state index contributed by atoms with van der Waals surface area (Å²) in [6.45, 7) is 0.986. The zero-order valence-electron chi connectivity index (χ0n) is 16.4. The summed E-state index contributed by atoms with van der Waals surface area (Å²) in [5, 5.41) is 3.36. The van der Waals surface area contributed by atoms with Gasteiger partial charge >= 0.3 is 12.1 Å². The molecule has 0 radical (unpaired) electrons. The fraction of sp³-hybridized carbons (Fsp3) is 0.286. The third kappa shape index (κ3) is 4.62. The molecule has 0 saturated carbocycles. The van der Waals surface area contributed by atoms with Crippen molar-refractivity contribution in [1.29, 1.82) is 0 Å². The molecule has 10 heteroatoms. The zero-order valence-corrected chi connectivity index (χ0v) is 16.4. The molecule has 1 saturated heterocycles. The normalized spacial score (nSPS) is 16.4. The van der Waals surface area contributed by atoms with E-state index in [1.54, 1.807) is 60.5 Å². The summed E-state index contributed by atoms with van der Waals surface area (Å²) < 4.78 is 53.1. The molecule has 2 heterocycles. The first-order valence-corrected chi connectivity index (χ1v) is 9.45. The highest BCUT2D eigenvalue weighted by Crippen LogP contribution is 2.30. The van der Waals surface area contributed by atoms with Crippen molar-refractivity contribution < 1.29 is 32.0 Å². The van der Waals surface area contributed by atoms with E-state index in [9.17, 15) is 18.0 Å². The van der Waals surface area contributed by atoms with Crippen LogP contribution in [0, 0.1) is 0 Å². The summed E-state index contributed by atoms with van der Waals surface area (Å²) in [6.07, 6.45) is -4.22. The number of carbonyl (C=O) groups is 1. The molecule has 31 heavy (non-hydrogen) atoms. The van der Waals surface area contributed by atoms with Crippen molar-refractivity contribution in [3.63, 3.8) is 0 Å². The molecule has 0 N–H and O–H groups in total. The van der Waals surface area contributed by atoms with E-state index < -0.39 is 12.1 Å². The van der Waals surface area contributed by atoms with Crippen LogP contribution in [0.1, 0.15) is 22.7 Å². The molecule has 7 nitrogen and oxygen atoms in total. The molecule has 1 aliphatic heterocycles. The summed E-state index contributed by atoms with van der Waals surface area (Å²) in [6, 6.07) is 13.3. The topological polar surface area (TPSA) is 77.7 Å². The second-order valence-corrected chi connectivity index (χ2v) is 6.96. The average Bonchev–Trinajstić information content (AvgIpc) is 3.44. The van der Waals surface area contributed by atoms with Gasteiger partial charge in [0.15, 0.2) is 0 Å². The van der Waals surface area contributed by atoms with Crippen LogP contribution in [0.5, 0.6) is 11.5 Å². The Labute approximate surface area is 175 Å². The Hall–Kier alpha value is -3.56. The molecular weight excluding hydrogens is 415 g/mol. The smallest absolute Gasteiger partial charge is 0.471 e. The lowest BCUT2D eigenvalue weighted by molar-refractivity contribution is -0.159. The van der Waals surface area contributed by atoms with Gasteiger partial charge in [0.1, 0.15) is 17.6 Å². The molecule has 2 aromatic carbocycles. The largest absolute Gasteiger partial charge is 0.497 e. The Morgan fingerprint density at radius 3 is 2.61 bits per heavy atom. The van der Waals surface area contributed by atoms with Gasteiger partial charge in [0.2, 0.25) is 5.82 Å². The first-order chi connectivity index (χ1) is 14.8. The van der Waals surface area contributed by atoms with Crippen molar-refractivity contribution in [1.82, 2.24) is 15.0 Å². The summed E-state index contributed by atoms with van der Waals surface area (Å²) in [5.74, 6) is -0.506. The van der Waals surface area contributed by atoms with E-state index in [0.29, 0.717) is 42.1 Å². The lowest BCUT2D eigenvalue weighted by atomic mass is 10.2. The van der Waals surface area contributed by atoms with Crippen LogP contribution in [0.25, 0.3) is 11.4 Å². The molecule has 1 atom stereocenters. The lowest BCUT2D eigenvalue weighted by Gasteiger charge is -2.17. The first kappa shape index (κ1) is 20.7. The minimum absolute atomic E-state index is 0.0991. The summed E-state index contributed by atoms with van der Waals surface area (Å²) in [4.78, 5) is 17.8. The van der Waals surface area contributed by atoms with E-state index >= 15 is 0 Å². The number of benzene rings is 2. The summed E-state index contributed by atoms with van der Waals surface area (Å²) >= 11 is 0. The Bertz CT molecular complexity index is 1070. The van der Waals surface area contributed by atoms with Crippen LogP contribution in [0.3, 0.4) is 0 Å². The maximum absolute atomic E-state index is 12.7. The van der Waals surface area contributed by atoms with Gasteiger partial charge in [-0.25, -0.2) is 0 Å². The predicted octanol–water partition coefficient (Wildman–Crippen LogP) is 4.06. The second kappa shape index (κ2) is 8.29. The minimum atomic E-state index is -4.69. The van der Waals surface area contributed by atoms with Gasteiger partial charge in [-0.15, -0.1) is 0 Å². The number of hydrogen-bond acceptors (Lipinski definition) is 6. The van der Waals surface area contributed by atoms with Crippen LogP contribution >= 0.6 is 0 Å². The number of alkyl halides is 3. The first-order valence-electron chi connectivity index (χ1n) is 9.45. The molecule has 1 aromatic heterocycles. The summed E-state index contributed by atoms with van der Waals surface area (Å²) in [7, 11) is 1.54. The molecule has 1 aliphatic rings. The zero-order chi connectivity index (χ0) is 22.0. The van der Waals surface area contributed by atoms with Gasteiger partial charge in [-0.1, -0.05) is 11.2 Å². The number of amides is 1. The molecule has 4 rings (SSSR count). The fourth-order valence-corrected chi connectivity index (χ4v) is 3.28. The fourth-order valence-electron chi connectivity index (χ4n) is 3.28. The van der Waals surface area contributed by atoms with Gasteiger partial charge in [-0.05, 0) is 42.5 Å². The van der Waals surface area contributed by atoms with Crippen molar-refractivity contribution in [2.75, 3.05) is 20.2 Å². The Morgan fingerprint density at radius 1 is 1.16 bits per heavy atom. The lowest BCUT2D eigenvalue weighted by Crippen LogP contribution is -2.30. The number of halogens is 3. The van der Waals surface area contributed by atoms with Gasteiger partial charge in [-0.2, -0.15) is 18.2 Å². The Balaban J connectivity index is 1.37. The van der Waals surface area contributed by atoms with Crippen LogP contribution in [-0.2, 0) is 6.18 Å². The van der Waals surface area contributed by atoms with Crippen LogP contribution < -0.4 is 9.47 Å². The number of rotatable bonds is 5. The van der Waals surface area contributed by atoms with Gasteiger partial charge < -0.3 is 18.9 Å². The number of likely N-dealkylation sites (tertiary alicyclic amines) is 1. The molecule has 1 fully saturated rings. The van der Waals surface area contributed by atoms with Crippen LogP contribution in [0.15, 0.2) is 53.1 Å². The average molecular weight is 433 g/mol. The third-order valence-corrected chi connectivity index (χ3v) is 4.83. The molecular formula is C21H18F3N3O4. The molecule has 0 aliphatic carbocycles. The molecule has 162 valence electrons. The predicted molar refractivity (Wildman–Crippen MR) is 103 cm³/mol. The van der Waals surface area contributed by atoms with Crippen LogP contribution in [-0.4, -0.2) is 47.3 Å². The van der Waals surface area contributed by atoms with E-state index in [1.165, 1.54) is 0 Å². The monoisotopic (exact) mass is 433 g/mol. The van der Waals surface area contributed by atoms with Crippen LogP contribution in [0.2, 0.25) is 0 Å². The number of ether oxygens (including phenoxy) is 2. The molecule has 1 amide bonds. The van der Waals surface area contributed by atoms with E-state index in [0.717, 1.165) is 0 Å². The number of nitrogens with zero attached hydrogens (tertiary/aromatic N) is 3. The van der Waals surface area contributed by atoms with Crippen molar-refractivity contribution in [3.05, 3.63) is 60.0 Å². The molecule has 0 spiro atoms. The second-order valence-electron chi connectivity index (χ2n) is 6.96. The number of aromatic nitrogens is 2. The third-order valence-electron chi connectivity index (χ3n) is 4.83. The van der Waals surface area contributed by atoms with Crippen LogP contribution in [0.4, 0.5) is 13.2 Å². The van der Waals surface area contributed by atoms with E-state index in [2.05, 4.69) is 14.7 Å². The quantitative estimate of drug-likeness (QED) is 0.604. The molecule has 0 bridgehead atoms. The highest BCUT2D eigenvalue weighted by molar-refractivity contribution is 5.94. The van der Waals surface area contributed by atoms with Crippen molar-refractivity contribution in [2.45, 2.75) is 18.7 Å². The Kier molecular flexibility index (Phi) is 5.53. The maximum atomic E-state index is 12.7. The van der Waals surface area contributed by atoms with Gasteiger partial charge in [-0.3, -0.25) is 4.79 Å². The SMILES string of the molecule is COc1cccc(C(=O)N2CCC(Oc3ccc(-c4noc(C(F)(F)F)n4)cc3)C2)c1. The van der Waals surface area contributed by atoms with Gasteiger partial charge in [0.05, 0.1) is 13.7 Å². The van der Waals surface area contributed by atoms with Crippen molar-refractivity contribution in [2.24, 2.45) is 0 Å². The number of methoxy groups -OCH3 is 1. The molecule has 1 unspecified atom stereocenters. The Morgan fingerprint density at radius 2 is 1.94 bits per heavy atom. The minimum Gasteiger partial charge on any atom is -0.497 e. The standard InChI is InChI=1S/C21H18F3N3O4/c1-29-16-4-2-3-14(11-16)19(28)27-10-9-17(12-27)30-15-7-5-13(6-8-15)18-25-20(31-26-18)21(22,23)24/h2-8,11,17H,9-10,12H2,1H3. The number of carbonyl (C=O) groups excluding carboxylic acids is 1. The maximum Gasteiger partial charge on any atom is 0.471 e. The van der Waals surface area contributed by atoms with E-state index in [-0.39, 0.29) is 17.8 Å². The van der Waals surface area contributed by atoms with E-state index in [1.807, 2.05) is 0 Å². The number of hydrogen-bond donors (Lipinski definition) is 0. The van der Waals surface area contributed by atoms with Gasteiger partial charge in [0, 0.05) is 24.1 Å². The van der Waals surface area contributed by atoms with Crippen molar-refractivity contribution in [3.8, 4) is 22.9 Å².